The summed E-state index contributed by atoms with van der Waals surface area (Å²) in [6, 6.07) is 11.0. The quantitative estimate of drug-likeness (QED) is 0.575. The summed E-state index contributed by atoms with van der Waals surface area (Å²) < 4.78 is 6.35. The van der Waals surface area contributed by atoms with Crippen molar-refractivity contribution in [1.29, 1.82) is 0 Å². The molecule has 0 spiro atoms. The number of ether oxygens (including phenoxy) is 1. The molecule has 2 aromatic carbocycles. The number of benzene rings is 2. The maximum Gasteiger partial charge on any atom is 0.194 e. The molecule has 0 fully saturated rings. The molecule has 19 heavy (non-hydrogen) atoms. The van der Waals surface area contributed by atoms with Gasteiger partial charge in [0.05, 0.1) is 6.61 Å². The first-order valence-electron chi connectivity index (χ1n) is 5.90. The van der Waals surface area contributed by atoms with Crippen LogP contribution in [0.4, 0.5) is 0 Å². The molecule has 96 valence electrons. The van der Waals surface area contributed by atoms with Crippen molar-refractivity contribution < 1.29 is 9.53 Å². The van der Waals surface area contributed by atoms with Gasteiger partial charge < -0.3 is 4.74 Å². The molecule has 0 saturated heterocycles. The minimum Gasteiger partial charge on any atom is -0.493 e. The predicted molar refractivity (Wildman–Crippen MR) is 83.2 cm³/mol. The molecule has 2 aromatic rings. The zero-order chi connectivity index (χ0) is 13.4. The van der Waals surface area contributed by atoms with Crippen molar-refractivity contribution in [2.75, 3.05) is 6.61 Å². The molecule has 0 atom stereocenters. The maximum atomic E-state index is 12.5. The fraction of sp³-hybridized carbons (Fsp3) is 0.133. The zero-order valence-corrected chi connectivity index (χ0v) is 12.9. The van der Waals surface area contributed by atoms with E-state index in [2.05, 4.69) is 22.6 Å². The lowest BCUT2D eigenvalue weighted by Crippen LogP contribution is -2.04. The molecule has 4 heteroatoms. The second kappa shape index (κ2) is 5.13. The van der Waals surface area contributed by atoms with E-state index in [1.165, 1.54) is 0 Å². The smallest absolute Gasteiger partial charge is 0.194 e. The summed E-state index contributed by atoms with van der Waals surface area (Å²) >= 11 is 8.12. The lowest BCUT2D eigenvalue weighted by Gasteiger charge is -2.06. The standard InChI is InChI=1S/C15H10ClIO2/c16-11-2-3-13(17)12(8-11)15(18)10-1-4-14-9(7-10)5-6-19-14/h1-4,7-8H,5-6H2. The highest BCUT2D eigenvalue weighted by Gasteiger charge is 2.17. The van der Waals surface area contributed by atoms with Crippen molar-refractivity contribution in [2.45, 2.75) is 6.42 Å². The lowest BCUT2D eigenvalue weighted by atomic mass is 10.0. The van der Waals surface area contributed by atoms with Crippen LogP contribution in [0.25, 0.3) is 0 Å². The Kier molecular flexibility index (Phi) is 3.50. The van der Waals surface area contributed by atoms with Crippen molar-refractivity contribution in [3.63, 3.8) is 0 Å². The van der Waals surface area contributed by atoms with Gasteiger partial charge in [-0.2, -0.15) is 0 Å². The topological polar surface area (TPSA) is 26.3 Å². The van der Waals surface area contributed by atoms with Crippen molar-refractivity contribution in [1.82, 2.24) is 0 Å². The SMILES string of the molecule is O=C(c1ccc2c(c1)CCO2)c1cc(Cl)ccc1I. The van der Waals surface area contributed by atoms with E-state index < -0.39 is 0 Å². The molecule has 1 heterocycles. The predicted octanol–water partition coefficient (Wildman–Crippen LogP) is 4.11. The summed E-state index contributed by atoms with van der Waals surface area (Å²) in [5.74, 6) is 0.888. The Bertz CT molecular complexity index is 667. The second-order valence-corrected chi connectivity index (χ2v) is 5.97. The molecule has 2 nitrogen and oxygen atoms in total. The third kappa shape index (κ3) is 2.49. The van der Waals surface area contributed by atoms with Gasteiger partial charge in [-0.15, -0.1) is 0 Å². The molecule has 3 rings (SSSR count). The number of halogens is 2. The first-order chi connectivity index (χ1) is 9.15. The van der Waals surface area contributed by atoms with E-state index in [-0.39, 0.29) is 5.78 Å². The number of carbonyl (C=O) groups is 1. The van der Waals surface area contributed by atoms with Gasteiger partial charge in [0.2, 0.25) is 0 Å². The number of hydrogen-bond acceptors (Lipinski definition) is 2. The molecular weight excluding hydrogens is 375 g/mol. The molecule has 0 N–H and O–H groups in total. The molecule has 0 aliphatic carbocycles. The molecule has 0 saturated carbocycles. The molecule has 1 aliphatic heterocycles. The number of carbonyl (C=O) groups excluding carboxylic acids is 1. The van der Waals surface area contributed by atoms with E-state index in [1.54, 1.807) is 12.1 Å². The Hall–Kier alpha value is -1.07. The van der Waals surface area contributed by atoms with Gasteiger partial charge in [-0.05, 0) is 64.6 Å². The van der Waals surface area contributed by atoms with E-state index in [0.717, 1.165) is 21.3 Å². The summed E-state index contributed by atoms with van der Waals surface area (Å²) in [6.07, 6.45) is 0.864. The van der Waals surface area contributed by atoms with Crippen LogP contribution in [0.5, 0.6) is 5.75 Å². The fourth-order valence-corrected chi connectivity index (χ4v) is 2.91. The van der Waals surface area contributed by atoms with Gasteiger partial charge in [-0.3, -0.25) is 4.79 Å². The minimum absolute atomic E-state index is 0.00148. The van der Waals surface area contributed by atoms with Crippen LogP contribution in [0.3, 0.4) is 0 Å². The first kappa shape index (κ1) is 12.9. The Balaban J connectivity index is 2.02. The Morgan fingerprint density at radius 3 is 2.89 bits per heavy atom. The van der Waals surface area contributed by atoms with Gasteiger partial charge in [0, 0.05) is 26.1 Å². The van der Waals surface area contributed by atoms with Gasteiger partial charge in [-0.25, -0.2) is 0 Å². The number of ketones is 1. The minimum atomic E-state index is 0.00148. The van der Waals surface area contributed by atoms with Crippen LogP contribution >= 0.6 is 34.2 Å². The third-order valence-electron chi connectivity index (χ3n) is 3.12. The number of hydrogen-bond donors (Lipinski definition) is 0. The summed E-state index contributed by atoms with van der Waals surface area (Å²) in [6.45, 7) is 0.696. The van der Waals surface area contributed by atoms with Crippen molar-refractivity contribution in [3.05, 3.63) is 61.7 Å². The average Bonchev–Trinajstić information content (AvgIpc) is 2.88. The van der Waals surface area contributed by atoms with Crippen molar-refractivity contribution >= 4 is 40.0 Å². The molecule has 0 aromatic heterocycles. The van der Waals surface area contributed by atoms with Gasteiger partial charge in [0.25, 0.3) is 0 Å². The van der Waals surface area contributed by atoms with Crippen LogP contribution < -0.4 is 4.74 Å². The van der Waals surface area contributed by atoms with Gasteiger partial charge in [0.1, 0.15) is 5.75 Å². The van der Waals surface area contributed by atoms with E-state index in [0.29, 0.717) is 22.8 Å². The fourth-order valence-electron chi connectivity index (χ4n) is 2.15. The first-order valence-corrected chi connectivity index (χ1v) is 7.36. The summed E-state index contributed by atoms with van der Waals surface area (Å²) in [5, 5.41) is 0.577. The number of rotatable bonds is 2. The normalized spacial score (nSPS) is 12.9. The second-order valence-electron chi connectivity index (χ2n) is 4.37. The van der Waals surface area contributed by atoms with E-state index >= 15 is 0 Å². The van der Waals surface area contributed by atoms with Gasteiger partial charge >= 0.3 is 0 Å². The highest BCUT2D eigenvalue weighted by atomic mass is 127. The highest BCUT2D eigenvalue weighted by Crippen LogP contribution is 2.28. The van der Waals surface area contributed by atoms with Gasteiger partial charge in [0.15, 0.2) is 5.78 Å². The van der Waals surface area contributed by atoms with Crippen molar-refractivity contribution in [2.24, 2.45) is 0 Å². The Morgan fingerprint density at radius 1 is 1.21 bits per heavy atom. The van der Waals surface area contributed by atoms with Crippen LogP contribution in [0.15, 0.2) is 36.4 Å². The summed E-state index contributed by atoms with van der Waals surface area (Å²) in [7, 11) is 0. The monoisotopic (exact) mass is 384 g/mol. The molecular formula is C15H10ClIO2. The molecule has 0 unspecified atom stereocenters. The molecule has 0 amide bonds. The highest BCUT2D eigenvalue weighted by molar-refractivity contribution is 14.1. The number of fused-ring (bicyclic) bond motifs is 1. The summed E-state index contributed by atoms with van der Waals surface area (Å²) in [4.78, 5) is 12.5. The maximum absolute atomic E-state index is 12.5. The largest absolute Gasteiger partial charge is 0.493 e. The Morgan fingerprint density at radius 2 is 2.05 bits per heavy atom. The summed E-state index contributed by atoms with van der Waals surface area (Å²) in [5.41, 5.74) is 2.43. The van der Waals surface area contributed by atoms with Crippen LogP contribution in [0.2, 0.25) is 5.02 Å². The van der Waals surface area contributed by atoms with Crippen LogP contribution in [0, 0.1) is 3.57 Å². The van der Waals surface area contributed by atoms with E-state index in [1.807, 2.05) is 24.3 Å². The zero-order valence-electron chi connectivity index (χ0n) is 9.95. The third-order valence-corrected chi connectivity index (χ3v) is 4.30. The average molecular weight is 385 g/mol. The van der Waals surface area contributed by atoms with Gasteiger partial charge in [-0.1, -0.05) is 11.6 Å². The van der Waals surface area contributed by atoms with E-state index in [9.17, 15) is 4.79 Å². The van der Waals surface area contributed by atoms with Crippen LogP contribution in [-0.4, -0.2) is 12.4 Å². The van der Waals surface area contributed by atoms with E-state index in [4.69, 9.17) is 16.3 Å². The molecule has 1 aliphatic rings. The van der Waals surface area contributed by atoms with Crippen LogP contribution in [0.1, 0.15) is 21.5 Å². The molecule has 0 radical (unpaired) electrons. The molecule has 0 bridgehead atoms. The van der Waals surface area contributed by atoms with Crippen molar-refractivity contribution in [3.8, 4) is 5.75 Å². The van der Waals surface area contributed by atoms with Crippen LogP contribution in [-0.2, 0) is 6.42 Å². The lowest BCUT2D eigenvalue weighted by molar-refractivity contribution is 0.103. The Labute approximate surface area is 129 Å².